The van der Waals surface area contributed by atoms with Crippen molar-refractivity contribution in [3.8, 4) is 11.4 Å². The summed E-state index contributed by atoms with van der Waals surface area (Å²) in [4.78, 5) is 4.33. The summed E-state index contributed by atoms with van der Waals surface area (Å²) < 4.78 is 42.9. The van der Waals surface area contributed by atoms with Gasteiger partial charge in [0, 0.05) is 18.7 Å². The highest BCUT2D eigenvalue weighted by Crippen LogP contribution is 2.28. The van der Waals surface area contributed by atoms with Crippen LogP contribution in [0.25, 0.3) is 11.4 Å². The molecule has 2 aromatic rings. The van der Waals surface area contributed by atoms with Gasteiger partial charge in [0.25, 0.3) is 0 Å². The lowest BCUT2D eigenvalue weighted by atomic mass is 10.00. The van der Waals surface area contributed by atoms with Crippen LogP contribution in [0.4, 0.5) is 4.39 Å². The highest BCUT2D eigenvalue weighted by atomic mass is 32.2. The van der Waals surface area contributed by atoms with E-state index in [1.165, 1.54) is 22.7 Å². The molecule has 0 aliphatic carbocycles. The molecule has 0 radical (unpaired) electrons. The fraction of sp³-hybridized carbons (Fsp3) is 0.429. The molecule has 6 nitrogen and oxygen atoms in total. The molecule has 0 amide bonds. The fourth-order valence-electron chi connectivity index (χ4n) is 2.56. The zero-order valence-corrected chi connectivity index (χ0v) is 12.9. The van der Waals surface area contributed by atoms with E-state index in [1.807, 2.05) is 0 Å². The molecule has 0 bridgehead atoms. The number of hydrogen-bond donors (Lipinski definition) is 0. The van der Waals surface area contributed by atoms with Crippen molar-refractivity contribution < 1.29 is 17.3 Å². The number of nitrogens with zero attached hydrogens (tertiary/aromatic N) is 3. The summed E-state index contributed by atoms with van der Waals surface area (Å²) >= 11 is 0. The SMILES string of the molecule is CS(=O)(=O)N1CCC[C@@H](c2nc(-c3ccc(F)cc3)no2)C1. The molecule has 1 aromatic carbocycles. The quantitative estimate of drug-likeness (QED) is 0.863. The summed E-state index contributed by atoms with van der Waals surface area (Å²) in [7, 11) is -3.22. The lowest BCUT2D eigenvalue weighted by Crippen LogP contribution is -2.38. The van der Waals surface area contributed by atoms with Gasteiger partial charge in [0.1, 0.15) is 5.82 Å². The van der Waals surface area contributed by atoms with E-state index in [4.69, 9.17) is 4.52 Å². The first-order chi connectivity index (χ1) is 10.4. The van der Waals surface area contributed by atoms with Crippen LogP contribution in [0, 0.1) is 5.82 Å². The summed E-state index contributed by atoms with van der Waals surface area (Å²) in [5, 5.41) is 3.90. The van der Waals surface area contributed by atoms with Gasteiger partial charge in [-0.05, 0) is 37.1 Å². The fourth-order valence-corrected chi connectivity index (χ4v) is 3.47. The van der Waals surface area contributed by atoms with Crippen molar-refractivity contribution in [1.82, 2.24) is 14.4 Å². The minimum Gasteiger partial charge on any atom is -0.339 e. The van der Waals surface area contributed by atoms with Crippen LogP contribution in [0.1, 0.15) is 24.7 Å². The Morgan fingerprint density at radius 1 is 1.32 bits per heavy atom. The molecule has 0 N–H and O–H groups in total. The number of aromatic nitrogens is 2. The Bertz CT molecular complexity index is 758. The van der Waals surface area contributed by atoms with E-state index in [0.29, 0.717) is 30.4 Å². The maximum atomic E-state index is 12.9. The third kappa shape index (κ3) is 3.17. The third-order valence-electron chi connectivity index (χ3n) is 3.75. The van der Waals surface area contributed by atoms with Crippen LogP contribution in [0.3, 0.4) is 0 Å². The third-order valence-corrected chi connectivity index (χ3v) is 5.02. The van der Waals surface area contributed by atoms with Crippen LogP contribution in [-0.2, 0) is 10.0 Å². The van der Waals surface area contributed by atoms with Crippen molar-refractivity contribution in [3.63, 3.8) is 0 Å². The van der Waals surface area contributed by atoms with Gasteiger partial charge in [-0.15, -0.1) is 0 Å². The molecular formula is C14H16FN3O3S. The molecule has 22 heavy (non-hydrogen) atoms. The monoisotopic (exact) mass is 325 g/mol. The molecule has 3 rings (SSSR count). The molecular weight excluding hydrogens is 309 g/mol. The maximum Gasteiger partial charge on any atom is 0.231 e. The van der Waals surface area contributed by atoms with Gasteiger partial charge in [0.05, 0.1) is 12.2 Å². The first-order valence-corrected chi connectivity index (χ1v) is 8.83. The average molecular weight is 325 g/mol. The van der Waals surface area contributed by atoms with Crippen LogP contribution in [-0.4, -0.2) is 42.2 Å². The topological polar surface area (TPSA) is 76.3 Å². The van der Waals surface area contributed by atoms with E-state index < -0.39 is 10.0 Å². The normalized spacial score (nSPS) is 20.2. The standard InChI is InChI=1S/C14H16FN3O3S/c1-22(19,20)18-8-2-3-11(9-18)14-16-13(17-21-14)10-4-6-12(15)7-5-10/h4-7,11H,2-3,8-9H2,1H3/t11-/m1/s1. The minimum atomic E-state index is -3.22. The summed E-state index contributed by atoms with van der Waals surface area (Å²) in [5.41, 5.74) is 0.659. The molecule has 1 saturated heterocycles. The van der Waals surface area contributed by atoms with Crippen LogP contribution in [0.2, 0.25) is 0 Å². The molecule has 0 saturated carbocycles. The molecule has 118 valence electrons. The first kappa shape index (κ1) is 15.1. The molecule has 0 spiro atoms. The van der Waals surface area contributed by atoms with E-state index in [1.54, 1.807) is 12.1 Å². The molecule has 1 fully saturated rings. The van der Waals surface area contributed by atoms with Crippen LogP contribution in [0.5, 0.6) is 0 Å². The summed E-state index contributed by atoms with van der Waals surface area (Å²) in [6.45, 7) is 0.873. The Morgan fingerprint density at radius 2 is 2.05 bits per heavy atom. The van der Waals surface area contributed by atoms with E-state index in [2.05, 4.69) is 10.1 Å². The van der Waals surface area contributed by atoms with Crippen LogP contribution < -0.4 is 0 Å². The molecule has 8 heteroatoms. The number of piperidine rings is 1. The number of benzene rings is 1. The van der Waals surface area contributed by atoms with Gasteiger partial charge in [-0.3, -0.25) is 0 Å². The number of sulfonamides is 1. The van der Waals surface area contributed by atoms with Gasteiger partial charge in [0.15, 0.2) is 0 Å². The highest BCUT2D eigenvalue weighted by Gasteiger charge is 2.30. The molecule has 1 aliphatic rings. The van der Waals surface area contributed by atoms with Crippen molar-refractivity contribution in [2.24, 2.45) is 0 Å². The molecule has 2 heterocycles. The van der Waals surface area contributed by atoms with Gasteiger partial charge in [0.2, 0.25) is 21.7 Å². The van der Waals surface area contributed by atoms with Crippen molar-refractivity contribution in [1.29, 1.82) is 0 Å². The Kier molecular flexibility index (Phi) is 3.96. The summed E-state index contributed by atoms with van der Waals surface area (Å²) in [6.07, 6.45) is 2.76. The number of rotatable bonds is 3. The van der Waals surface area contributed by atoms with Crippen molar-refractivity contribution in [3.05, 3.63) is 36.0 Å². The van der Waals surface area contributed by atoms with Gasteiger partial charge < -0.3 is 4.52 Å². The number of hydrogen-bond acceptors (Lipinski definition) is 5. The molecule has 1 aliphatic heterocycles. The summed E-state index contributed by atoms with van der Waals surface area (Å²) in [5.74, 6) is 0.368. The highest BCUT2D eigenvalue weighted by molar-refractivity contribution is 7.88. The lowest BCUT2D eigenvalue weighted by molar-refractivity contribution is 0.266. The van der Waals surface area contributed by atoms with E-state index in [9.17, 15) is 12.8 Å². The predicted molar refractivity (Wildman–Crippen MR) is 78.1 cm³/mol. The Labute approximate surface area is 128 Å². The smallest absolute Gasteiger partial charge is 0.231 e. The lowest BCUT2D eigenvalue weighted by Gasteiger charge is -2.28. The summed E-state index contributed by atoms with van der Waals surface area (Å²) in [6, 6.07) is 5.82. The predicted octanol–water partition coefficient (Wildman–Crippen LogP) is 2.01. The van der Waals surface area contributed by atoms with E-state index >= 15 is 0 Å². The van der Waals surface area contributed by atoms with Crippen molar-refractivity contribution in [2.75, 3.05) is 19.3 Å². The van der Waals surface area contributed by atoms with Gasteiger partial charge in [-0.2, -0.15) is 4.98 Å². The van der Waals surface area contributed by atoms with E-state index in [-0.39, 0.29) is 11.7 Å². The van der Waals surface area contributed by atoms with Crippen LogP contribution in [0.15, 0.2) is 28.8 Å². The largest absolute Gasteiger partial charge is 0.339 e. The minimum absolute atomic E-state index is 0.106. The first-order valence-electron chi connectivity index (χ1n) is 6.98. The Balaban J connectivity index is 1.80. The molecule has 1 atom stereocenters. The second-order valence-electron chi connectivity index (χ2n) is 5.42. The second-order valence-corrected chi connectivity index (χ2v) is 7.41. The Hall–Kier alpha value is -1.80. The van der Waals surface area contributed by atoms with Gasteiger partial charge in [-0.25, -0.2) is 17.1 Å². The Morgan fingerprint density at radius 3 is 2.73 bits per heavy atom. The second kappa shape index (κ2) is 5.77. The number of halogens is 1. The van der Waals surface area contributed by atoms with Crippen molar-refractivity contribution in [2.45, 2.75) is 18.8 Å². The zero-order chi connectivity index (χ0) is 15.7. The van der Waals surface area contributed by atoms with Gasteiger partial charge in [-0.1, -0.05) is 5.16 Å². The zero-order valence-electron chi connectivity index (χ0n) is 12.1. The molecule has 1 aromatic heterocycles. The van der Waals surface area contributed by atoms with Gasteiger partial charge >= 0.3 is 0 Å². The van der Waals surface area contributed by atoms with Crippen molar-refractivity contribution >= 4 is 10.0 Å². The van der Waals surface area contributed by atoms with Crippen LogP contribution >= 0.6 is 0 Å². The van der Waals surface area contributed by atoms with E-state index in [0.717, 1.165) is 12.8 Å². The molecule has 0 unspecified atom stereocenters. The maximum absolute atomic E-state index is 12.9. The average Bonchev–Trinajstić information content (AvgIpc) is 2.97.